The van der Waals surface area contributed by atoms with Gasteiger partial charge in [0.2, 0.25) is 0 Å². The Labute approximate surface area is 87.9 Å². The van der Waals surface area contributed by atoms with E-state index in [2.05, 4.69) is 0 Å². The third-order valence-corrected chi connectivity index (χ3v) is 1.95. The minimum absolute atomic E-state index is 0.157. The van der Waals surface area contributed by atoms with Crippen LogP contribution >= 0.6 is 11.6 Å². The first-order valence-electron chi connectivity index (χ1n) is 3.67. The molecule has 0 bridgehead atoms. The third kappa shape index (κ3) is 2.48. The zero-order valence-corrected chi connectivity index (χ0v) is 7.86. The Morgan fingerprint density at radius 3 is 2.40 bits per heavy atom. The maximum absolute atomic E-state index is 12.2. The quantitative estimate of drug-likeness (QED) is 0.552. The average Bonchev–Trinajstić information content (AvgIpc) is 2.14. The number of halogens is 4. The van der Waals surface area contributed by atoms with Crippen molar-refractivity contribution in [3.05, 3.63) is 34.3 Å². The number of benzene rings is 1. The minimum atomic E-state index is -4.56. The van der Waals surface area contributed by atoms with Crippen LogP contribution < -0.4 is 0 Å². The summed E-state index contributed by atoms with van der Waals surface area (Å²) in [6.45, 7) is 0. The van der Waals surface area contributed by atoms with Gasteiger partial charge in [0.25, 0.3) is 5.78 Å². The van der Waals surface area contributed by atoms with Gasteiger partial charge in [0, 0.05) is 5.56 Å². The molecule has 1 aromatic carbocycles. The van der Waals surface area contributed by atoms with Crippen LogP contribution in [0.1, 0.15) is 15.9 Å². The van der Waals surface area contributed by atoms with Gasteiger partial charge in [0.1, 0.15) is 6.07 Å². The summed E-state index contributed by atoms with van der Waals surface area (Å²) in [6, 6.07) is 3.71. The summed E-state index contributed by atoms with van der Waals surface area (Å²) in [4.78, 5) is 10.8. The van der Waals surface area contributed by atoms with Gasteiger partial charge in [-0.3, -0.25) is 4.79 Å². The summed E-state index contributed by atoms with van der Waals surface area (Å²) >= 11 is 5.33. The third-order valence-electron chi connectivity index (χ3n) is 1.64. The molecule has 2 nitrogen and oxygen atoms in total. The molecule has 0 amide bonds. The Morgan fingerprint density at radius 2 is 2.00 bits per heavy atom. The molecule has 0 heterocycles. The highest BCUT2D eigenvalue weighted by atomic mass is 35.5. The average molecular weight is 234 g/mol. The van der Waals surface area contributed by atoms with Crippen molar-refractivity contribution in [2.45, 2.75) is 6.18 Å². The van der Waals surface area contributed by atoms with Gasteiger partial charge in [-0.2, -0.15) is 18.4 Å². The zero-order chi connectivity index (χ0) is 11.6. The summed E-state index contributed by atoms with van der Waals surface area (Å²) in [5.41, 5.74) is -1.19. The predicted octanol–water partition coefficient (Wildman–Crippen LogP) is 3.07. The number of nitrogens with zero attached hydrogens (tertiary/aromatic N) is 1. The molecule has 0 saturated heterocycles. The van der Waals surface area contributed by atoms with Gasteiger partial charge in [-0.1, -0.05) is 11.6 Å². The molecule has 0 saturated carbocycles. The number of hydrogen-bond donors (Lipinski definition) is 0. The number of carbonyl (C=O) groups excluding carboxylic acids is 1. The molecule has 0 unspecified atom stereocenters. The Bertz CT molecular complexity index is 448. The fourth-order valence-corrected chi connectivity index (χ4v) is 1.24. The van der Waals surface area contributed by atoms with Crippen molar-refractivity contribution >= 4 is 17.4 Å². The molecule has 1 rings (SSSR count). The van der Waals surface area contributed by atoms with Crippen LogP contribution in [0, 0.1) is 11.3 Å². The second-order valence-electron chi connectivity index (χ2n) is 2.63. The first kappa shape index (κ1) is 11.5. The molecular formula is C9H3ClF3NO. The van der Waals surface area contributed by atoms with Crippen LogP contribution in [0.25, 0.3) is 0 Å². The Kier molecular flexibility index (Phi) is 3.01. The van der Waals surface area contributed by atoms with Gasteiger partial charge in [-0.05, 0) is 18.2 Å². The Hall–Kier alpha value is -1.54. The molecule has 0 aliphatic carbocycles. The van der Waals surface area contributed by atoms with E-state index < -0.39 is 22.5 Å². The van der Waals surface area contributed by atoms with Crippen LogP contribution in [-0.2, 0) is 6.18 Å². The van der Waals surface area contributed by atoms with Crippen LogP contribution in [0.5, 0.6) is 0 Å². The molecule has 0 radical (unpaired) electrons. The summed E-state index contributed by atoms with van der Waals surface area (Å²) < 4.78 is 36.7. The van der Waals surface area contributed by atoms with Gasteiger partial charge in [-0.15, -0.1) is 0 Å². The smallest absolute Gasteiger partial charge is 0.277 e. The number of alkyl halides is 3. The highest BCUT2D eigenvalue weighted by molar-refractivity contribution is 6.32. The van der Waals surface area contributed by atoms with E-state index in [4.69, 9.17) is 16.9 Å². The SMILES string of the molecule is N#CC(=O)c1ccc(C(F)(F)F)c(Cl)c1. The van der Waals surface area contributed by atoms with E-state index >= 15 is 0 Å². The molecule has 6 heteroatoms. The normalized spacial score (nSPS) is 10.9. The summed E-state index contributed by atoms with van der Waals surface area (Å²) in [6.07, 6.45) is -4.56. The van der Waals surface area contributed by atoms with Crippen molar-refractivity contribution < 1.29 is 18.0 Å². The summed E-state index contributed by atoms with van der Waals surface area (Å²) in [5, 5.41) is 7.65. The van der Waals surface area contributed by atoms with Crippen molar-refractivity contribution in [3.8, 4) is 6.07 Å². The maximum Gasteiger partial charge on any atom is 0.417 e. The first-order chi connectivity index (χ1) is 6.86. The van der Waals surface area contributed by atoms with Crippen LogP contribution in [0.15, 0.2) is 18.2 Å². The second kappa shape index (κ2) is 3.91. The largest absolute Gasteiger partial charge is 0.417 e. The van der Waals surface area contributed by atoms with Gasteiger partial charge in [-0.25, -0.2) is 0 Å². The van der Waals surface area contributed by atoms with E-state index in [1.807, 2.05) is 0 Å². The molecule has 0 fully saturated rings. The van der Waals surface area contributed by atoms with E-state index in [0.717, 1.165) is 12.1 Å². The molecule has 78 valence electrons. The number of nitriles is 1. The fourth-order valence-electron chi connectivity index (χ4n) is 0.951. The molecule has 0 N–H and O–H groups in total. The molecule has 0 aliphatic rings. The van der Waals surface area contributed by atoms with Gasteiger partial charge in [0.05, 0.1) is 10.6 Å². The lowest BCUT2D eigenvalue weighted by Crippen LogP contribution is -2.07. The Balaban J connectivity index is 3.22. The number of Topliss-reactive ketones (excluding diaryl/α,β-unsaturated/α-hetero) is 1. The van der Waals surface area contributed by atoms with E-state index in [1.165, 1.54) is 6.07 Å². The second-order valence-corrected chi connectivity index (χ2v) is 3.04. The zero-order valence-electron chi connectivity index (χ0n) is 7.10. The number of rotatable bonds is 1. The molecule has 1 aromatic rings. The van der Waals surface area contributed by atoms with Crippen molar-refractivity contribution in [1.82, 2.24) is 0 Å². The predicted molar refractivity (Wildman–Crippen MR) is 46.4 cm³/mol. The highest BCUT2D eigenvalue weighted by Gasteiger charge is 2.33. The lowest BCUT2D eigenvalue weighted by Gasteiger charge is -2.08. The van der Waals surface area contributed by atoms with Gasteiger partial charge in [0.15, 0.2) is 0 Å². The molecule has 0 atom stereocenters. The molecule has 0 aromatic heterocycles. The number of ketones is 1. The fraction of sp³-hybridized carbons (Fsp3) is 0.111. The van der Waals surface area contributed by atoms with E-state index in [1.54, 1.807) is 0 Å². The van der Waals surface area contributed by atoms with E-state index in [9.17, 15) is 18.0 Å². The molecule has 0 spiro atoms. The summed E-state index contributed by atoms with van der Waals surface area (Å²) in [7, 11) is 0. The lowest BCUT2D eigenvalue weighted by atomic mass is 10.1. The van der Waals surface area contributed by atoms with Crippen molar-refractivity contribution in [3.63, 3.8) is 0 Å². The van der Waals surface area contributed by atoms with Crippen LogP contribution in [0.4, 0.5) is 13.2 Å². The van der Waals surface area contributed by atoms with Crippen molar-refractivity contribution in [1.29, 1.82) is 5.26 Å². The standard InChI is InChI=1S/C9H3ClF3NO/c10-7-3-5(8(15)4-14)1-2-6(7)9(11,12)13/h1-3H. The van der Waals surface area contributed by atoms with Crippen LogP contribution in [-0.4, -0.2) is 5.78 Å². The monoisotopic (exact) mass is 233 g/mol. The Morgan fingerprint density at radius 1 is 1.40 bits per heavy atom. The van der Waals surface area contributed by atoms with E-state index in [0.29, 0.717) is 6.07 Å². The number of carbonyl (C=O) groups is 1. The molecule has 0 aliphatic heterocycles. The van der Waals surface area contributed by atoms with Gasteiger partial charge < -0.3 is 0 Å². The van der Waals surface area contributed by atoms with E-state index in [-0.39, 0.29) is 5.56 Å². The topological polar surface area (TPSA) is 40.9 Å². The molecule has 15 heavy (non-hydrogen) atoms. The highest BCUT2D eigenvalue weighted by Crippen LogP contribution is 2.34. The van der Waals surface area contributed by atoms with Crippen molar-refractivity contribution in [2.75, 3.05) is 0 Å². The summed E-state index contributed by atoms with van der Waals surface area (Å²) in [5.74, 6) is -0.925. The minimum Gasteiger partial charge on any atom is -0.277 e. The molecular weight excluding hydrogens is 231 g/mol. The number of hydrogen-bond acceptors (Lipinski definition) is 2. The van der Waals surface area contributed by atoms with Crippen molar-refractivity contribution in [2.24, 2.45) is 0 Å². The lowest BCUT2D eigenvalue weighted by molar-refractivity contribution is -0.137. The van der Waals surface area contributed by atoms with Crippen LogP contribution in [0.2, 0.25) is 5.02 Å². The first-order valence-corrected chi connectivity index (χ1v) is 4.05. The maximum atomic E-state index is 12.2. The van der Waals surface area contributed by atoms with Crippen LogP contribution in [0.3, 0.4) is 0 Å². The van der Waals surface area contributed by atoms with Gasteiger partial charge >= 0.3 is 6.18 Å².